The first-order valence-corrected chi connectivity index (χ1v) is 6.75. The van der Waals surface area contributed by atoms with Crippen molar-refractivity contribution in [2.45, 2.75) is 45.5 Å². The molecular weight excluding hydrogens is 260 g/mol. The smallest absolute Gasteiger partial charge is 0.336 e. The van der Waals surface area contributed by atoms with E-state index in [9.17, 15) is 19.8 Å². The van der Waals surface area contributed by atoms with Crippen LogP contribution in [-0.4, -0.2) is 33.9 Å². The number of esters is 1. The molecule has 0 radical (unpaired) electrons. The van der Waals surface area contributed by atoms with Crippen LogP contribution in [0.25, 0.3) is 0 Å². The molecule has 0 amide bonds. The third-order valence-corrected chi connectivity index (χ3v) is 5.13. The zero-order chi connectivity index (χ0) is 14.9. The molecule has 0 spiro atoms. The van der Waals surface area contributed by atoms with E-state index in [1.807, 2.05) is 6.92 Å². The summed E-state index contributed by atoms with van der Waals surface area (Å²) in [5.74, 6) is -2.73. The number of ether oxygens (including phenoxy) is 1. The van der Waals surface area contributed by atoms with Crippen LogP contribution in [0.2, 0.25) is 0 Å². The van der Waals surface area contributed by atoms with Gasteiger partial charge in [-0.2, -0.15) is 0 Å². The zero-order valence-corrected chi connectivity index (χ0v) is 11.8. The lowest BCUT2D eigenvalue weighted by molar-refractivity contribution is -0.255. The Morgan fingerprint density at radius 2 is 2.00 bits per heavy atom. The standard InChI is InChI=1S/C15H18O5/c1-7-4-9(16)6-14(3)10(7)5-11-8(2)12(17)20-15(11,19)13(14)18/h4,10,13,18-19H,5-6H2,1-3H3/t10-,13-,14-,15+/m1/s1. The van der Waals surface area contributed by atoms with Gasteiger partial charge in [0.25, 0.3) is 5.79 Å². The van der Waals surface area contributed by atoms with Crippen molar-refractivity contribution in [1.82, 2.24) is 0 Å². The van der Waals surface area contributed by atoms with Crippen LogP contribution in [0.5, 0.6) is 0 Å². The van der Waals surface area contributed by atoms with Crippen molar-refractivity contribution in [2.75, 3.05) is 0 Å². The molecular formula is C15H18O5. The van der Waals surface area contributed by atoms with Crippen LogP contribution in [0.3, 0.4) is 0 Å². The Morgan fingerprint density at radius 1 is 1.35 bits per heavy atom. The number of carbonyl (C=O) groups is 2. The second kappa shape index (κ2) is 3.80. The summed E-state index contributed by atoms with van der Waals surface area (Å²) in [5, 5.41) is 21.2. The molecule has 2 N–H and O–H groups in total. The molecule has 108 valence electrons. The van der Waals surface area contributed by atoms with Gasteiger partial charge in [-0.25, -0.2) is 4.79 Å². The van der Waals surface area contributed by atoms with Gasteiger partial charge in [0.1, 0.15) is 6.10 Å². The van der Waals surface area contributed by atoms with Gasteiger partial charge >= 0.3 is 5.97 Å². The maximum absolute atomic E-state index is 11.8. The highest BCUT2D eigenvalue weighted by atomic mass is 16.7. The molecule has 2 aliphatic carbocycles. The Balaban J connectivity index is 2.16. The fraction of sp³-hybridized carbons (Fsp3) is 0.600. The summed E-state index contributed by atoms with van der Waals surface area (Å²) in [6, 6.07) is 0. The molecule has 1 saturated carbocycles. The molecule has 1 aliphatic heterocycles. The van der Waals surface area contributed by atoms with Gasteiger partial charge in [0.15, 0.2) is 5.78 Å². The number of allylic oxidation sites excluding steroid dienone is 2. The highest BCUT2D eigenvalue weighted by Gasteiger charge is 2.64. The van der Waals surface area contributed by atoms with Crippen LogP contribution in [-0.2, 0) is 14.3 Å². The summed E-state index contributed by atoms with van der Waals surface area (Å²) in [5.41, 5.74) is 0.862. The van der Waals surface area contributed by atoms with E-state index < -0.39 is 23.3 Å². The summed E-state index contributed by atoms with van der Waals surface area (Å²) < 4.78 is 5.02. The van der Waals surface area contributed by atoms with Crippen LogP contribution >= 0.6 is 0 Å². The summed E-state index contributed by atoms with van der Waals surface area (Å²) in [6.07, 6.45) is 0.856. The maximum Gasteiger partial charge on any atom is 0.336 e. The molecule has 1 heterocycles. The molecule has 20 heavy (non-hydrogen) atoms. The van der Waals surface area contributed by atoms with E-state index in [1.54, 1.807) is 19.9 Å². The number of rotatable bonds is 0. The molecule has 1 fully saturated rings. The lowest BCUT2D eigenvalue weighted by atomic mass is 9.56. The molecule has 0 aromatic rings. The summed E-state index contributed by atoms with van der Waals surface area (Å²) in [6.45, 7) is 5.22. The van der Waals surface area contributed by atoms with Crippen molar-refractivity contribution in [3.8, 4) is 0 Å². The number of carbonyl (C=O) groups excluding carboxylic acids is 2. The average molecular weight is 278 g/mol. The Morgan fingerprint density at radius 3 is 2.65 bits per heavy atom. The van der Waals surface area contributed by atoms with E-state index >= 15 is 0 Å². The average Bonchev–Trinajstić information content (AvgIpc) is 2.55. The molecule has 5 heteroatoms. The monoisotopic (exact) mass is 278 g/mol. The quantitative estimate of drug-likeness (QED) is 0.642. The third kappa shape index (κ3) is 1.45. The van der Waals surface area contributed by atoms with Crippen LogP contribution in [0.15, 0.2) is 22.8 Å². The van der Waals surface area contributed by atoms with Crippen molar-refractivity contribution in [3.63, 3.8) is 0 Å². The number of hydrogen-bond donors (Lipinski definition) is 2. The van der Waals surface area contributed by atoms with E-state index in [0.717, 1.165) is 5.57 Å². The lowest BCUT2D eigenvalue weighted by Gasteiger charge is -2.52. The molecule has 0 aromatic carbocycles. The van der Waals surface area contributed by atoms with Gasteiger partial charge in [0, 0.05) is 23.0 Å². The molecule has 0 saturated heterocycles. The van der Waals surface area contributed by atoms with Crippen LogP contribution < -0.4 is 0 Å². The molecule has 5 nitrogen and oxygen atoms in total. The van der Waals surface area contributed by atoms with Gasteiger partial charge in [-0.3, -0.25) is 4.79 Å². The number of ketones is 1. The van der Waals surface area contributed by atoms with Crippen molar-refractivity contribution in [2.24, 2.45) is 11.3 Å². The minimum Gasteiger partial charge on any atom is -0.423 e. The van der Waals surface area contributed by atoms with Gasteiger partial charge in [-0.1, -0.05) is 12.5 Å². The predicted molar refractivity (Wildman–Crippen MR) is 69.3 cm³/mol. The Bertz CT molecular complexity index is 587. The molecule has 4 atom stereocenters. The normalized spacial score (nSPS) is 44.0. The van der Waals surface area contributed by atoms with E-state index in [4.69, 9.17) is 4.74 Å². The first-order chi connectivity index (χ1) is 9.20. The summed E-state index contributed by atoms with van der Waals surface area (Å²) in [7, 11) is 0. The van der Waals surface area contributed by atoms with Gasteiger partial charge in [0.2, 0.25) is 0 Å². The Hall–Kier alpha value is -1.46. The van der Waals surface area contributed by atoms with E-state index in [0.29, 0.717) is 17.6 Å². The minimum atomic E-state index is -1.98. The highest BCUT2D eigenvalue weighted by Crippen LogP contribution is 2.57. The van der Waals surface area contributed by atoms with Crippen molar-refractivity contribution < 1.29 is 24.5 Å². The SMILES string of the molecule is CC1=CC(=O)C[C@]2(C)[C@@H]1CC1=C(C)C(=O)O[C@]1(O)[C@@H]2O. The molecule has 0 unspecified atom stereocenters. The van der Waals surface area contributed by atoms with Crippen LogP contribution in [0.1, 0.15) is 33.6 Å². The van der Waals surface area contributed by atoms with Gasteiger partial charge < -0.3 is 14.9 Å². The Kier molecular flexibility index (Phi) is 2.57. The highest BCUT2D eigenvalue weighted by molar-refractivity contribution is 5.94. The second-order valence-electron chi connectivity index (χ2n) is 6.39. The van der Waals surface area contributed by atoms with Crippen molar-refractivity contribution >= 4 is 11.8 Å². The molecule has 0 bridgehead atoms. The number of aliphatic hydroxyl groups is 2. The number of fused-ring (bicyclic) bond motifs is 2. The van der Waals surface area contributed by atoms with E-state index in [2.05, 4.69) is 0 Å². The first kappa shape index (κ1) is 13.5. The zero-order valence-electron chi connectivity index (χ0n) is 11.8. The topological polar surface area (TPSA) is 83.8 Å². The minimum absolute atomic E-state index is 0.0719. The number of aliphatic hydroxyl groups excluding tert-OH is 1. The summed E-state index contributed by atoms with van der Waals surface area (Å²) >= 11 is 0. The van der Waals surface area contributed by atoms with Crippen LogP contribution in [0.4, 0.5) is 0 Å². The number of hydrogen-bond acceptors (Lipinski definition) is 5. The predicted octanol–water partition coefficient (Wildman–Crippen LogP) is 0.854. The van der Waals surface area contributed by atoms with E-state index in [1.165, 1.54) is 0 Å². The van der Waals surface area contributed by atoms with Gasteiger partial charge in [-0.05, 0) is 32.3 Å². The fourth-order valence-electron chi connectivity index (χ4n) is 3.95. The largest absolute Gasteiger partial charge is 0.423 e. The first-order valence-electron chi connectivity index (χ1n) is 6.75. The lowest BCUT2D eigenvalue weighted by Crippen LogP contribution is -2.61. The molecule has 3 rings (SSSR count). The second-order valence-corrected chi connectivity index (χ2v) is 6.39. The third-order valence-electron chi connectivity index (χ3n) is 5.13. The summed E-state index contributed by atoms with van der Waals surface area (Å²) in [4.78, 5) is 23.5. The van der Waals surface area contributed by atoms with Crippen LogP contribution in [0, 0.1) is 11.3 Å². The van der Waals surface area contributed by atoms with Crippen molar-refractivity contribution in [1.29, 1.82) is 0 Å². The maximum atomic E-state index is 11.8. The Labute approximate surface area is 116 Å². The van der Waals surface area contributed by atoms with Crippen molar-refractivity contribution in [3.05, 3.63) is 22.8 Å². The van der Waals surface area contributed by atoms with Gasteiger partial charge in [-0.15, -0.1) is 0 Å². The molecule has 3 aliphatic rings. The fourth-order valence-corrected chi connectivity index (χ4v) is 3.95. The molecule has 0 aromatic heterocycles. The van der Waals surface area contributed by atoms with E-state index in [-0.39, 0.29) is 18.1 Å². The van der Waals surface area contributed by atoms with Gasteiger partial charge in [0.05, 0.1) is 0 Å².